The Morgan fingerprint density at radius 1 is 1.17 bits per heavy atom. The number of fused-ring (bicyclic) bond motifs is 1. The summed E-state index contributed by atoms with van der Waals surface area (Å²) < 4.78 is 0. The molecule has 0 aliphatic carbocycles. The van der Waals surface area contributed by atoms with Gasteiger partial charge in [-0.1, -0.05) is 18.2 Å². The van der Waals surface area contributed by atoms with Crippen LogP contribution in [0.4, 0.5) is 0 Å². The largest absolute Gasteiger partial charge is 0.298 e. The molecule has 1 aromatic carbocycles. The minimum Gasteiger partial charge on any atom is -0.298 e. The molecule has 0 aliphatic heterocycles. The van der Waals surface area contributed by atoms with E-state index >= 15 is 0 Å². The van der Waals surface area contributed by atoms with Crippen LogP contribution in [0.3, 0.4) is 0 Å². The van der Waals surface area contributed by atoms with Crippen LogP contribution < -0.4 is 0 Å². The lowest BCUT2D eigenvalue weighted by Crippen LogP contribution is -1.83. The highest BCUT2D eigenvalue weighted by atomic mass is 16.1. The fourth-order valence-electron chi connectivity index (χ4n) is 1.23. The van der Waals surface area contributed by atoms with E-state index in [1.165, 1.54) is 0 Å². The third-order valence-electron chi connectivity index (χ3n) is 1.81. The Balaban J connectivity index is 2.88. The number of hydrogen-bond acceptors (Lipinski definition) is 2. The van der Waals surface area contributed by atoms with Gasteiger partial charge >= 0.3 is 0 Å². The summed E-state index contributed by atoms with van der Waals surface area (Å²) in [6.07, 6.45) is 2.57. The number of aldehydes is 1. The van der Waals surface area contributed by atoms with Crippen LogP contribution in [-0.2, 0) is 0 Å². The zero-order chi connectivity index (χ0) is 8.39. The third-order valence-corrected chi connectivity index (χ3v) is 1.81. The van der Waals surface area contributed by atoms with Gasteiger partial charge in [-0.15, -0.1) is 0 Å². The third kappa shape index (κ3) is 0.975. The number of pyridine rings is 1. The molecule has 12 heavy (non-hydrogen) atoms. The second-order valence-corrected chi connectivity index (χ2v) is 2.54. The van der Waals surface area contributed by atoms with Crippen molar-refractivity contribution in [2.75, 3.05) is 0 Å². The first-order valence-corrected chi connectivity index (χ1v) is 3.71. The predicted octanol–water partition coefficient (Wildman–Crippen LogP) is 2.05. The molecule has 0 radical (unpaired) electrons. The molecule has 0 amide bonds. The summed E-state index contributed by atoms with van der Waals surface area (Å²) in [7, 11) is 0. The van der Waals surface area contributed by atoms with Gasteiger partial charge < -0.3 is 0 Å². The van der Waals surface area contributed by atoms with Crippen LogP contribution in [0, 0.1) is 0 Å². The first kappa shape index (κ1) is 6.98. The number of rotatable bonds is 1. The summed E-state index contributed by atoms with van der Waals surface area (Å²) in [5.74, 6) is 0. The van der Waals surface area contributed by atoms with Gasteiger partial charge in [-0.3, -0.25) is 9.78 Å². The fourth-order valence-corrected chi connectivity index (χ4v) is 1.23. The van der Waals surface area contributed by atoms with E-state index in [0.29, 0.717) is 5.56 Å². The monoisotopic (exact) mass is 157 g/mol. The van der Waals surface area contributed by atoms with Crippen LogP contribution in [0.2, 0.25) is 0 Å². The summed E-state index contributed by atoms with van der Waals surface area (Å²) in [5, 5.41) is 0.912. The average Bonchev–Trinajstić information content (AvgIpc) is 2.17. The lowest BCUT2D eigenvalue weighted by Gasteiger charge is -1.97. The van der Waals surface area contributed by atoms with Gasteiger partial charge in [-0.2, -0.15) is 0 Å². The van der Waals surface area contributed by atoms with Crippen LogP contribution in [0.5, 0.6) is 0 Å². The predicted molar refractivity (Wildman–Crippen MR) is 47.1 cm³/mol. The molecule has 0 aliphatic rings. The Kier molecular flexibility index (Phi) is 1.59. The lowest BCUT2D eigenvalue weighted by atomic mass is 10.1. The maximum atomic E-state index is 10.6. The Morgan fingerprint density at radius 3 is 2.92 bits per heavy atom. The molecule has 0 saturated carbocycles. The van der Waals surface area contributed by atoms with E-state index in [2.05, 4.69) is 4.98 Å². The molecule has 0 N–H and O–H groups in total. The molecule has 2 rings (SSSR count). The number of carbonyl (C=O) groups excluding carboxylic acids is 1. The standard InChI is InChI=1S/C10H7NO/c12-7-8-3-1-5-10-9(8)4-2-6-11-10/h1-7H. The van der Waals surface area contributed by atoms with E-state index in [0.717, 1.165) is 17.2 Å². The van der Waals surface area contributed by atoms with Gasteiger partial charge in [-0.05, 0) is 12.1 Å². The number of aromatic nitrogens is 1. The Hall–Kier alpha value is -1.70. The van der Waals surface area contributed by atoms with Gasteiger partial charge in [0.05, 0.1) is 5.52 Å². The first-order chi connectivity index (χ1) is 5.92. The minimum atomic E-state index is 0.695. The van der Waals surface area contributed by atoms with Crippen LogP contribution in [0.25, 0.3) is 10.9 Å². The van der Waals surface area contributed by atoms with E-state index in [1.54, 1.807) is 12.3 Å². The van der Waals surface area contributed by atoms with Gasteiger partial charge in [0.15, 0.2) is 6.29 Å². The van der Waals surface area contributed by atoms with Crippen molar-refractivity contribution in [2.45, 2.75) is 0 Å². The average molecular weight is 157 g/mol. The zero-order valence-corrected chi connectivity index (χ0v) is 6.40. The van der Waals surface area contributed by atoms with E-state index in [9.17, 15) is 4.79 Å². The molecule has 0 saturated heterocycles. The van der Waals surface area contributed by atoms with Crippen molar-refractivity contribution >= 4 is 17.2 Å². The lowest BCUT2D eigenvalue weighted by molar-refractivity contribution is 0.112. The van der Waals surface area contributed by atoms with E-state index in [-0.39, 0.29) is 0 Å². The van der Waals surface area contributed by atoms with E-state index in [1.807, 2.05) is 24.3 Å². The Bertz CT molecular complexity index is 418. The van der Waals surface area contributed by atoms with Crippen molar-refractivity contribution in [3.8, 4) is 0 Å². The molecular weight excluding hydrogens is 150 g/mol. The molecule has 2 aromatic rings. The summed E-state index contributed by atoms with van der Waals surface area (Å²) in [6.45, 7) is 0. The molecule has 1 aromatic heterocycles. The summed E-state index contributed by atoms with van der Waals surface area (Å²) in [4.78, 5) is 14.7. The number of benzene rings is 1. The molecule has 2 heteroatoms. The highest BCUT2D eigenvalue weighted by Gasteiger charge is 1.97. The maximum Gasteiger partial charge on any atom is 0.150 e. The summed E-state index contributed by atoms with van der Waals surface area (Å²) in [6, 6.07) is 9.24. The topological polar surface area (TPSA) is 30.0 Å². The van der Waals surface area contributed by atoms with Gasteiger partial charge in [0.2, 0.25) is 0 Å². The van der Waals surface area contributed by atoms with Crippen molar-refractivity contribution < 1.29 is 4.79 Å². The second-order valence-electron chi connectivity index (χ2n) is 2.54. The van der Waals surface area contributed by atoms with Crippen molar-refractivity contribution in [1.82, 2.24) is 4.98 Å². The zero-order valence-electron chi connectivity index (χ0n) is 6.40. The highest BCUT2D eigenvalue weighted by Crippen LogP contribution is 2.13. The molecule has 0 fully saturated rings. The molecule has 2 nitrogen and oxygen atoms in total. The summed E-state index contributed by atoms with van der Waals surface area (Å²) in [5.41, 5.74) is 1.56. The van der Waals surface area contributed by atoms with Gasteiger partial charge in [0.1, 0.15) is 0 Å². The van der Waals surface area contributed by atoms with Crippen molar-refractivity contribution in [2.24, 2.45) is 0 Å². The molecular formula is C10H7NO. The van der Waals surface area contributed by atoms with Gasteiger partial charge in [0.25, 0.3) is 0 Å². The van der Waals surface area contributed by atoms with Gasteiger partial charge in [-0.25, -0.2) is 0 Å². The molecule has 0 unspecified atom stereocenters. The van der Waals surface area contributed by atoms with Crippen molar-refractivity contribution in [3.05, 3.63) is 42.1 Å². The molecule has 0 spiro atoms. The molecule has 0 atom stereocenters. The molecule has 1 heterocycles. The second kappa shape index (κ2) is 2.74. The molecule has 58 valence electrons. The van der Waals surface area contributed by atoms with Gasteiger partial charge in [0, 0.05) is 17.1 Å². The quantitative estimate of drug-likeness (QED) is 0.593. The summed E-state index contributed by atoms with van der Waals surface area (Å²) >= 11 is 0. The smallest absolute Gasteiger partial charge is 0.150 e. The SMILES string of the molecule is O=Cc1cccc2ncccc12. The minimum absolute atomic E-state index is 0.695. The van der Waals surface area contributed by atoms with E-state index in [4.69, 9.17) is 0 Å². The van der Waals surface area contributed by atoms with Crippen LogP contribution in [0.15, 0.2) is 36.5 Å². The number of hydrogen-bond donors (Lipinski definition) is 0. The van der Waals surface area contributed by atoms with Crippen LogP contribution >= 0.6 is 0 Å². The van der Waals surface area contributed by atoms with Crippen LogP contribution in [0.1, 0.15) is 10.4 Å². The highest BCUT2D eigenvalue weighted by molar-refractivity contribution is 5.96. The maximum absolute atomic E-state index is 10.6. The Morgan fingerprint density at radius 2 is 2.08 bits per heavy atom. The van der Waals surface area contributed by atoms with Crippen molar-refractivity contribution in [1.29, 1.82) is 0 Å². The number of carbonyl (C=O) groups is 1. The normalized spacial score (nSPS) is 10.0. The fraction of sp³-hybridized carbons (Fsp3) is 0. The van der Waals surface area contributed by atoms with Crippen molar-refractivity contribution in [3.63, 3.8) is 0 Å². The number of nitrogens with zero attached hydrogens (tertiary/aromatic N) is 1. The van der Waals surface area contributed by atoms with E-state index < -0.39 is 0 Å². The first-order valence-electron chi connectivity index (χ1n) is 3.71. The molecule has 0 bridgehead atoms. The van der Waals surface area contributed by atoms with Crippen LogP contribution in [-0.4, -0.2) is 11.3 Å². The Labute approximate surface area is 69.9 Å².